The summed E-state index contributed by atoms with van der Waals surface area (Å²) < 4.78 is 0. The minimum absolute atomic E-state index is 0.423. The molecule has 2 N–H and O–H groups in total. The molecule has 0 aliphatic carbocycles. The molecule has 64 valence electrons. The Morgan fingerprint density at radius 2 is 2.15 bits per heavy atom. The number of hydrogen-bond donors (Lipinski definition) is 1. The van der Waals surface area contributed by atoms with Gasteiger partial charge in [-0.2, -0.15) is 5.26 Å². The molecule has 6 heteroatoms. The monoisotopic (exact) mass is 208 g/mol. The lowest BCUT2D eigenvalue weighted by Gasteiger charge is -1.84. The van der Waals surface area contributed by atoms with E-state index >= 15 is 0 Å². The van der Waals surface area contributed by atoms with Crippen molar-refractivity contribution in [1.82, 2.24) is 9.97 Å². The number of aromatic nitrogens is 2. The molecule has 0 bridgehead atoms. The summed E-state index contributed by atoms with van der Waals surface area (Å²) in [6.07, 6.45) is 0. The van der Waals surface area contributed by atoms with Crippen LogP contribution in [-0.2, 0) is 0 Å². The van der Waals surface area contributed by atoms with E-state index in [4.69, 9.17) is 11.0 Å². The van der Waals surface area contributed by atoms with Gasteiger partial charge in [0, 0.05) is 10.8 Å². The molecule has 0 radical (unpaired) electrons. The van der Waals surface area contributed by atoms with Gasteiger partial charge in [-0.25, -0.2) is 9.97 Å². The topological polar surface area (TPSA) is 75.6 Å². The number of hydrogen-bond acceptors (Lipinski definition) is 6. The lowest BCUT2D eigenvalue weighted by Crippen LogP contribution is -1.82. The third-order valence-corrected chi connectivity index (χ3v) is 2.90. The Kier molecular flexibility index (Phi) is 1.96. The van der Waals surface area contributed by atoms with E-state index in [-0.39, 0.29) is 0 Å². The van der Waals surface area contributed by atoms with Gasteiger partial charge in [-0.3, -0.25) is 0 Å². The van der Waals surface area contributed by atoms with Gasteiger partial charge in [0.2, 0.25) is 0 Å². The van der Waals surface area contributed by atoms with Crippen LogP contribution in [0.25, 0.3) is 10.7 Å². The molecule has 2 aromatic rings. The highest BCUT2D eigenvalue weighted by Crippen LogP contribution is 2.25. The van der Waals surface area contributed by atoms with E-state index in [0.717, 1.165) is 10.7 Å². The molecule has 0 atom stereocenters. The fourth-order valence-corrected chi connectivity index (χ4v) is 2.16. The van der Waals surface area contributed by atoms with Crippen molar-refractivity contribution in [3.8, 4) is 16.8 Å². The van der Waals surface area contributed by atoms with Crippen molar-refractivity contribution < 1.29 is 0 Å². The summed E-state index contributed by atoms with van der Waals surface area (Å²) >= 11 is 2.76. The molecule has 0 saturated heterocycles. The van der Waals surface area contributed by atoms with Gasteiger partial charge in [0.25, 0.3) is 0 Å². The third-order valence-electron chi connectivity index (χ3n) is 1.36. The molecule has 2 aromatic heterocycles. The van der Waals surface area contributed by atoms with Crippen molar-refractivity contribution >= 4 is 27.8 Å². The standard InChI is InChI=1S/C7H4N4S2/c8-1-4-2-12-6(10-4)5-3-13-7(9)11-5/h2-3H,(H2,9,11). The van der Waals surface area contributed by atoms with E-state index in [9.17, 15) is 0 Å². The molecule has 0 aliphatic heterocycles. The quantitative estimate of drug-likeness (QED) is 0.774. The first-order valence-corrected chi connectivity index (χ1v) is 5.12. The number of nitrogens with two attached hydrogens (primary N) is 1. The molecule has 4 nitrogen and oxygen atoms in total. The predicted octanol–water partition coefficient (Wildman–Crippen LogP) is 1.72. The molecule has 0 spiro atoms. The van der Waals surface area contributed by atoms with Crippen LogP contribution >= 0.6 is 22.7 Å². The van der Waals surface area contributed by atoms with Gasteiger partial charge in [-0.05, 0) is 0 Å². The van der Waals surface area contributed by atoms with Gasteiger partial charge < -0.3 is 5.73 Å². The Labute approximate surface area is 82.3 Å². The number of anilines is 1. The molecular formula is C7H4N4S2. The van der Waals surface area contributed by atoms with E-state index in [1.165, 1.54) is 22.7 Å². The van der Waals surface area contributed by atoms with Gasteiger partial charge in [0.05, 0.1) is 0 Å². The molecule has 0 fully saturated rings. The van der Waals surface area contributed by atoms with E-state index in [2.05, 4.69) is 9.97 Å². The van der Waals surface area contributed by atoms with Crippen molar-refractivity contribution in [2.45, 2.75) is 0 Å². The maximum absolute atomic E-state index is 8.55. The lowest BCUT2D eigenvalue weighted by molar-refractivity contribution is 1.30. The highest BCUT2D eigenvalue weighted by Gasteiger charge is 2.06. The number of nitriles is 1. The molecule has 0 aliphatic rings. The Morgan fingerprint density at radius 1 is 1.31 bits per heavy atom. The van der Waals surface area contributed by atoms with Crippen LogP contribution in [0, 0.1) is 11.3 Å². The van der Waals surface area contributed by atoms with E-state index in [1.54, 1.807) is 5.38 Å². The fraction of sp³-hybridized carbons (Fsp3) is 0. The molecule has 0 aromatic carbocycles. The van der Waals surface area contributed by atoms with Crippen molar-refractivity contribution in [2.24, 2.45) is 0 Å². The molecule has 0 amide bonds. The molecule has 0 saturated carbocycles. The third kappa shape index (κ3) is 1.52. The molecule has 13 heavy (non-hydrogen) atoms. The second-order valence-electron chi connectivity index (χ2n) is 2.22. The van der Waals surface area contributed by atoms with E-state index in [0.29, 0.717) is 10.8 Å². The number of thiazole rings is 2. The van der Waals surface area contributed by atoms with Crippen molar-refractivity contribution in [3.05, 3.63) is 16.5 Å². The van der Waals surface area contributed by atoms with Crippen LogP contribution in [0.5, 0.6) is 0 Å². The largest absolute Gasteiger partial charge is 0.375 e. The van der Waals surface area contributed by atoms with Crippen LogP contribution < -0.4 is 5.73 Å². The maximum atomic E-state index is 8.55. The summed E-state index contributed by atoms with van der Waals surface area (Å²) in [5, 5.41) is 13.3. The van der Waals surface area contributed by atoms with Crippen molar-refractivity contribution in [2.75, 3.05) is 5.73 Å². The highest BCUT2D eigenvalue weighted by molar-refractivity contribution is 7.15. The van der Waals surface area contributed by atoms with Crippen LogP contribution in [0.2, 0.25) is 0 Å². The fourth-order valence-electron chi connectivity index (χ4n) is 0.829. The summed E-state index contributed by atoms with van der Waals surface area (Å²) in [5.41, 5.74) is 6.64. The van der Waals surface area contributed by atoms with E-state index in [1.807, 2.05) is 11.4 Å². The van der Waals surface area contributed by atoms with Crippen LogP contribution in [0.4, 0.5) is 5.13 Å². The summed E-state index contributed by atoms with van der Waals surface area (Å²) in [7, 11) is 0. The normalized spacial score (nSPS) is 9.77. The highest BCUT2D eigenvalue weighted by atomic mass is 32.1. The summed E-state index contributed by atoms with van der Waals surface area (Å²) in [6.45, 7) is 0. The first-order valence-electron chi connectivity index (χ1n) is 3.36. The van der Waals surface area contributed by atoms with Crippen molar-refractivity contribution in [3.63, 3.8) is 0 Å². The maximum Gasteiger partial charge on any atom is 0.180 e. The average Bonchev–Trinajstić information content (AvgIpc) is 2.71. The van der Waals surface area contributed by atoms with Gasteiger partial charge in [0.15, 0.2) is 10.8 Å². The Hall–Kier alpha value is -1.45. The summed E-state index contributed by atoms with van der Waals surface area (Å²) in [4.78, 5) is 8.12. The molecule has 2 rings (SSSR count). The number of nitrogens with zero attached hydrogens (tertiary/aromatic N) is 3. The van der Waals surface area contributed by atoms with Gasteiger partial charge >= 0.3 is 0 Å². The number of nitrogen functional groups attached to an aromatic ring is 1. The van der Waals surface area contributed by atoms with Crippen LogP contribution in [0.3, 0.4) is 0 Å². The predicted molar refractivity (Wildman–Crippen MR) is 52.3 cm³/mol. The second kappa shape index (κ2) is 3.12. The van der Waals surface area contributed by atoms with E-state index < -0.39 is 0 Å². The lowest BCUT2D eigenvalue weighted by atomic mass is 10.5. The van der Waals surface area contributed by atoms with Crippen LogP contribution in [-0.4, -0.2) is 9.97 Å². The first kappa shape index (κ1) is 8.16. The van der Waals surface area contributed by atoms with Gasteiger partial charge in [-0.15, -0.1) is 22.7 Å². The zero-order valence-corrected chi connectivity index (χ0v) is 8.02. The smallest absolute Gasteiger partial charge is 0.180 e. The Bertz CT molecular complexity index is 465. The summed E-state index contributed by atoms with van der Waals surface area (Å²) in [5.74, 6) is 0. The average molecular weight is 208 g/mol. The Morgan fingerprint density at radius 3 is 2.69 bits per heavy atom. The number of rotatable bonds is 1. The van der Waals surface area contributed by atoms with Gasteiger partial charge in [0.1, 0.15) is 16.8 Å². The first-order chi connectivity index (χ1) is 6.29. The van der Waals surface area contributed by atoms with Crippen LogP contribution in [0.15, 0.2) is 10.8 Å². The zero-order valence-electron chi connectivity index (χ0n) is 6.39. The second-order valence-corrected chi connectivity index (χ2v) is 3.97. The zero-order chi connectivity index (χ0) is 9.26. The summed E-state index contributed by atoms with van der Waals surface area (Å²) in [6, 6.07) is 1.97. The molecular weight excluding hydrogens is 204 g/mol. The van der Waals surface area contributed by atoms with Crippen LogP contribution in [0.1, 0.15) is 5.69 Å². The molecule has 2 heterocycles. The SMILES string of the molecule is N#Cc1csc(-c2csc(N)n2)n1. The Balaban J connectivity index is 2.42. The van der Waals surface area contributed by atoms with Crippen molar-refractivity contribution in [1.29, 1.82) is 5.26 Å². The minimum Gasteiger partial charge on any atom is -0.375 e. The minimum atomic E-state index is 0.423. The molecule has 0 unspecified atom stereocenters. The van der Waals surface area contributed by atoms with Gasteiger partial charge in [-0.1, -0.05) is 0 Å².